The highest BCUT2D eigenvalue weighted by Gasteiger charge is 2.58. The molecule has 106 valence electrons. The van der Waals surface area contributed by atoms with Gasteiger partial charge in [-0.05, 0) is 13.8 Å². The van der Waals surface area contributed by atoms with E-state index in [1.165, 1.54) is 30.2 Å². The van der Waals surface area contributed by atoms with Gasteiger partial charge in [-0.25, -0.2) is 4.79 Å². The van der Waals surface area contributed by atoms with Crippen molar-refractivity contribution in [3.8, 4) is 0 Å². The monoisotopic (exact) mass is 279 g/mol. The number of nitrogens with one attached hydrogen (secondary N) is 1. The molecule has 19 heavy (non-hydrogen) atoms. The zero-order valence-corrected chi connectivity index (χ0v) is 10.4. The third-order valence-electron chi connectivity index (χ3n) is 2.62. The molecule has 0 saturated heterocycles. The van der Waals surface area contributed by atoms with Gasteiger partial charge in [-0.3, -0.25) is 9.48 Å². The summed E-state index contributed by atoms with van der Waals surface area (Å²) in [6.07, 6.45) is -3.91. The van der Waals surface area contributed by atoms with Crippen molar-refractivity contribution in [3.05, 3.63) is 17.5 Å². The predicted octanol–water partition coefficient (Wildman–Crippen LogP) is 0.864. The van der Waals surface area contributed by atoms with Gasteiger partial charge in [0.05, 0.1) is 11.3 Å². The fourth-order valence-corrected chi connectivity index (χ4v) is 1.36. The second-order valence-electron chi connectivity index (χ2n) is 4.18. The molecule has 0 bridgehead atoms. The third kappa shape index (κ3) is 2.69. The Morgan fingerprint density at radius 3 is 2.26 bits per heavy atom. The number of aryl methyl sites for hydroxylation is 2. The number of alkyl halides is 3. The molecule has 1 aromatic heterocycles. The second-order valence-corrected chi connectivity index (χ2v) is 4.18. The number of aliphatic carboxylic acids is 1. The van der Waals surface area contributed by atoms with E-state index in [0.717, 1.165) is 0 Å². The number of hydrogen-bond donors (Lipinski definition) is 2. The van der Waals surface area contributed by atoms with E-state index >= 15 is 0 Å². The van der Waals surface area contributed by atoms with Crippen LogP contribution in [-0.4, -0.2) is 38.5 Å². The Morgan fingerprint density at radius 1 is 1.42 bits per heavy atom. The van der Waals surface area contributed by atoms with Gasteiger partial charge in [-0.15, -0.1) is 0 Å². The molecule has 2 N–H and O–H groups in total. The maximum atomic E-state index is 12.7. The van der Waals surface area contributed by atoms with E-state index in [0.29, 0.717) is 6.92 Å². The summed E-state index contributed by atoms with van der Waals surface area (Å²) in [6.45, 7) is 1.82. The molecule has 0 aliphatic carbocycles. The van der Waals surface area contributed by atoms with Crippen LogP contribution in [0.15, 0.2) is 6.20 Å². The molecule has 0 aromatic carbocycles. The van der Waals surface area contributed by atoms with E-state index < -0.39 is 23.6 Å². The van der Waals surface area contributed by atoms with Crippen molar-refractivity contribution < 1.29 is 27.9 Å². The molecule has 6 nitrogen and oxygen atoms in total. The summed E-state index contributed by atoms with van der Waals surface area (Å²) in [7, 11) is 1.49. The molecule has 0 aliphatic rings. The van der Waals surface area contributed by atoms with Gasteiger partial charge in [0.25, 0.3) is 5.91 Å². The topological polar surface area (TPSA) is 84.2 Å². The van der Waals surface area contributed by atoms with E-state index in [2.05, 4.69) is 5.10 Å². The Bertz CT molecular complexity index is 524. The molecule has 9 heteroatoms. The molecule has 1 atom stereocenters. The largest absolute Gasteiger partial charge is 0.479 e. The van der Waals surface area contributed by atoms with Crippen LogP contribution in [0.1, 0.15) is 23.0 Å². The molecule has 1 aromatic rings. The lowest BCUT2D eigenvalue weighted by molar-refractivity contribution is -0.203. The third-order valence-corrected chi connectivity index (χ3v) is 2.62. The zero-order chi connectivity index (χ0) is 15.0. The van der Waals surface area contributed by atoms with Crippen molar-refractivity contribution in [2.75, 3.05) is 0 Å². The molecule has 0 aliphatic heterocycles. The van der Waals surface area contributed by atoms with Gasteiger partial charge < -0.3 is 10.4 Å². The minimum absolute atomic E-state index is 0.112. The minimum Gasteiger partial charge on any atom is -0.479 e. The van der Waals surface area contributed by atoms with E-state index in [-0.39, 0.29) is 11.3 Å². The molecule has 0 saturated carbocycles. The number of carbonyl (C=O) groups excluding carboxylic acids is 1. The second kappa shape index (κ2) is 4.56. The first-order valence-corrected chi connectivity index (χ1v) is 5.12. The fraction of sp³-hybridized carbons (Fsp3) is 0.500. The maximum Gasteiger partial charge on any atom is 0.422 e. The van der Waals surface area contributed by atoms with E-state index in [4.69, 9.17) is 5.11 Å². The molecule has 1 heterocycles. The lowest BCUT2D eigenvalue weighted by Gasteiger charge is -2.28. The summed E-state index contributed by atoms with van der Waals surface area (Å²) in [5, 5.41) is 14.0. The molecule has 0 spiro atoms. The fourth-order valence-electron chi connectivity index (χ4n) is 1.36. The van der Waals surface area contributed by atoms with Crippen molar-refractivity contribution in [1.82, 2.24) is 15.1 Å². The number of carbonyl (C=O) groups is 2. The van der Waals surface area contributed by atoms with Crippen LogP contribution in [0.4, 0.5) is 13.2 Å². The Morgan fingerprint density at radius 2 is 1.95 bits per heavy atom. The number of aromatic nitrogens is 2. The summed E-state index contributed by atoms with van der Waals surface area (Å²) in [6, 6.07) is 0. The SMILES string of the molecule is Cc1nn(C)cc1C(=O)NC(C)(C(=O)O)C(F)(F)F. The zero-order valence-electron chi connectivity index (χ0n) is 10.4. The number of amides is 1. The van der Waals surface area contributed by atoms with Crippen LogP contribution in [0.5, 0.6) is 0 Å². The highest BCUT2D eigenvalue weighted by atomic mass is 19.4. The Hall–Kier alpha value is -2.06. The van der Waals surface area contributed by atoms with Crippen LogP contribution in [0.25, 0.3) is 0 Å². The van der Waals surface area contributed by atoms with Crippen molar-refractivity contribution in [3.63, 3.8) is 0 Å². The lowest BCUT2D eigenvalue weighted by Crippen LogP contribution is -2.61. The molecule has 1 amide bonds. The van der Waals surface area contributed by atoms with Gasteiger partial charge in [0, 0.05) is 13.2 Å². The average Bonchev–Trinajstić information content (AvgIpc) is 2.55. The van der Waals surface area contributed by atoms with Crippen molar-refractivity contribution in [2.24, 2.45) is 7.05 Å². The summed E-state index contributed by atoms with van der Waals surface area (Å²) in [5.74, 6) is -3.33. The highest BCUT2D eigenvalue weighted by molar-refractivity contribution is 5.98. The van der Waals surface area contributed by atoms with Gasteiger partial charge in [0.1, 0.15) is 0 Å². The number of rotatable bonds is 3. The van der Waals surface area contributed by atoms with E-state index in [9.17, 15) is 22.8 Å². The maximum absolute atomic E-state index is 12.7. The van der Waals surface area contributed by atoms with Gasteiger partial charge in [-0.1, -0.05) is 0 Å². The summed E-state index contributed by atoms with van der Waals surface area (Å²) in [5.41, 5.74) is -3.26. The van der Waals surface area contributed by atoms with Crippen LogP contribution >= 0.6 is 0 Å². The molecular formula is C10H12F3N3O3. The number of hydrogen-bond acceptors (Lipinski definition) is 3. The van der Waals surface area contributed by atoms with Gasteiger partial charge >= 0.3 is 12.1 Å². The average molecular weight is 279 g/mol. The Balaban J connectivity index is 3.09. The Kier molecular flexibility index (Phi) is 3.60. The predicted molar refractivity (Wildman–Crippen MR) is 57.5 cm³/mol. The normalized spacial score (nSPS) is 14.8. The van der Waals surface area contributed by atoms with Crippen LogP contribution in [-0.2, 0) is 11.8 Å². The van der Waals surface area contributed by atoms with E-state index in [1.807, 2.05) is 0 Å². The quantitative estimate of drug-likeness (QED) is 0.859. The van der Waals surface area contributed by atoms with Gasteiger partial charge in [-0.2, -0.15) is 18.3 Å². The number of nitrogens with zero attached hydrogens (tertiary/aromatic N) is 2. The molecule has 1 unspecified atom stereocenters. The number of carboxylic acid groups (broad SMARTS) is 1. The molecule has 1 rings (SSSR count). The van der Waals surface area contributed by atoms with Crippen molar-refractivity contribution in [2.45, 2.75) is 25.6 Å². The first kappa shape index (κ1) is 15.0. The summed E-state index contributed by atoms with van der Waals surface area (Å²) >= 11 is 0. The van der Waals surface area contributed by atoms with Gasteiger partial charge in [0.15, 0.2) is 0 Å². The van der Waals surface area contributed by atoms with Crippen LogP contribution < -0.4 is 5.32 Å². The standard InChI is InChI=1S/C10H12F3N3O3/c1-5-6(4-16(3)15-5)7(17)14-9(2,8(18)19)10(11,12)13/h4H,1-3H3,(H,14,17)(H,18,19). The summed E-state index contributed by atoms with van der Waals surface area (Å²) < 4.78 is 39.4. The van der Waals surface area contributed by atoms with Crippen molar-refractivity contribution >= 4 is 11.9 Å². The van der Waals surface area contributed by atoms with Crippen LogP contribution in [0, 0.1) is 6.92 Å². The number of carboxylic acids is 1. The molecule has 0 fully saturated rings. The molecular weight excluding hydrogens is 267 g/mol. The highest BCUT2D eigenvalue weighted by Crippen LogP contribution is 2.30. The first-order valence-electron chi connectivity index (χ1n) is 5.12. The minimum atomic E-state index is -5.12. The van der Waals surface area contributed by atoms with Gasteiger partial charge in [0.2, 0.25) is 5.54 Å². The van der Waals surface area contributed by atoms with E-state index in [1.54, 1.807) is 0 Å². The van der Waals surface area contributed by atoms with Crippen LogP contribution in [0.3, 0.4) is 0 Å². The van der Waals surface area contributed by atoms with Crippen LogP contribution in [0.2, 0.25) is 0 Å². The summed E-state index contributed by atoms with van der Waals surface area (Å²) in [4.78, 5) is 22.5. The first-order chi connectivity index (χ1) is 8.49. The van der Waals surface area contributed by atoms with Crippen molar-refractivity contribution in [1.29, 1.82) is 0 Å². The Labute approximate surface area is 106 Å². The lowest BCUT2D eigenvalue weighted by atomic mass is 10.0. The number of halogens is 3. The smallest absolute Gasteiger partial charge is 0.422 e. The molecule has 0 radical (unpaired) electrons.